The van der Waals surface area contributed by atoms with E-state index in [4.69, 9.17) is 18.9 Å². The number of esters is 2. The van der Waals surface area contributed by atoms with Gasteiger partial charge in [0, 0.05) is 0 Å². The Kier molecular flexibility index (Phi) is 9.49. The van der Waals surface area contributed by atoms with Crippen molar-refractivity contribution < 1.29 is 28.5 Å². The fourth-order valence-corrected chi connectivity index (χ4v) is 6.15. The molecule has 0 N–H and O–H groups in total. The molecule has 0 amide bonds. The van der Waals surface area contributed by atoms with Gasteiger partial charge >= 0.3 is 11.9 Å². The zero-order valence-corrected chi connectivity index (χ0v) is 22.4. The summed E-state index contributed by atoms with van der Waals surface area (Å²) >= 11 is 0. The number of carbonyl (C=O) groups is 2. The van der Waals surface area contributed by atoms with Crippen molar-refractivity contribution in [2.45, 2.75) is 25.7 Å². The summed E-state index contributed by atoms with van der Waals surface area (Å²) in [5.41, 5.74) is 0.589. The van der Waals surface area contributed by atoms with Crippen molar-refractivity contribution in [1.82, 2.24) is 0 Å². The van der Waals surface area contributed by atoms with Crippen LogP contribution in [0.25, 0.3) is 0 Å². The summed E-state index contributed by atoms with van der Waals surface area (Å²) in [5, 5.41) is 0. The number of ether oxygens (including phenoxy) is 4. The van der Waals surface area contributed by atoms with Crippen LogP contribution in [0.3, 0.4) is 0 Å². The van der Waals surface area contributed by atoms with Gasteiger partial charge in [0.25, 0.3) is 0 Å². The second-order valence-corrected chi connectivity index (χ2v) is 10.8. The van der Waals surface area contributed by atoms with Gasteiger partial charge in [-0.2, -0.15) is 0 Å². The normalized spacial score (nSPS) is 27.2. The molecular weight excluding hydrogens is 492 g/mol. The van der Waals surface area contributed by atoms with Crippen molar-refractivity contribution >= 4 is 11.9 Å². The number of rotatable bonds is 11. The fraction of sp³-hybridized carbons (Fsp3) is 0.455. The zero-order valence-electron chi connectivity index (χ0n) is 22.4. The van der Waals surface area contributed by atoms with Crippen LogP contribution in [-0.2, 0) is 19.0 Å². The SMILES string of the molecule is O=C(OCCOCC1CC2C=CC1C2)c1ccccc1.O=C(OCCOc1ccccc1)C1CC2C=CC1C2. The summed E-state index contributed by atoms with van der Waals surface area (Å²) in [6.07, 6.45) is 13.7. The van der Waals surface area contributed by atoms with Crippen LogP contribution in [0.2, 0.25) is 0 Å². The Morgan fingerprint density at radius 2 is 1.33 bits per heavy atom. The van der Waals surface area contributed by atoms with E-state index in [1.54, 1.807) is 12.1 Å². The Hall–Kier alpha value is -3.38. The molecular formula is C33H38O6. The molecule has 4 aliphatic carbocycles. The van der Waals surface area contributed by atoms with Crippen molar-refractivity contribution in [3.8, 4) is 5.75 Å². The minimum absolute atomic E-state index is 0.0616. The molecule has 6 atom stereocenters. The smallest absolute Gasteiger partial charge is 0.338 e. The van der Waals surface area contributed by atoms with Crippen LogP contribution in [0.4, 0.5) is 0 Å². The molecule has 0 aromatic heterocycles. The summed E-state index contributed by atoms with van der Waals surface area (Å²) in [7, 11) is 0. The van der Waals surface area contributed by atoms with Crippen LogP contribution in [-0.4, -0.2) is 45.0 Å². The van der Waals surface area contributed by atoms with E-state index in [1.807, 2.05) is 48.5 Å². The Labute approximate surface area is 231 Å². The van der Waals surface area contributed by atoms with Gasteiger partial charge < -0.3 is 18.9 Å². The van der Waals surface area contributed by atoms with Crippen molar-refractivity contribution in [2.75, 3.05) is 33.0 Å². The minimum atomic E-state index is -0.281. The minimum Gasteiger partial charge on any atom is -0.490 e. The molecule has 6 heteroatoms. The molecule has 206 valence electrons. The first kappa shape index (κ1) is 27.2. The molecule has 0 radical (unpaired) electrons. The molecule has 6 unspecified atom stereocenters. The molecule has 6 nitrogen and oxygen atoms in total. The van der Waals surface area contributed by atoms with Gasteiger partial charge in [-0.15, -0.1) is 0 Å². The molecule has 4 bridgehead atoms. The van der Waals surface area contributed by atoms with Crippen LogP contribution in [0, 0.1) is 35.5 Å². The van der Waals surface area contributed by atoms with Crippen molar-refractivity contribution in [3.63, 3.8) is 0 Å². The highest BCUT2D eigenvalue weighted by Crippen LogP contribution is 2.44. The largest absolute Gasteiger partial charge is 0.490 e. The summed E-state index contributed by atoms with van der Waals surface area (Å²) in [5.74, 6) is 3.71. The van der Waals surface area contributed by atoms with E-state index in [1.165, 1.54) is 12.8 Å². The third-order valence-corrected chi connectivity index (χ3v) is 8.14. The molecule has 0 saturated heterocycles. The second-order valence-electron chi connectivity index (χ2n) is 10.8. The van der Waals surface area contributed by atoms with E-state index < -0.39 is 0 Å². The molecule has 0 heterocycles. The van der Waals surface area contributed by atoms with Gasteiger partial charge in [0.2, 0.25) is 0 Å². The summed E-state index contributed by atoms with van der Waals surface area (Å²) in [4.78, 5) is 23.6. The Balaban J connectivity index is 0.000000158. The number of allylic oxidation sites excluding steroid dienone is 4. The van der Waals surface area contributed by atoms with Crippen LogP contribution in [0.5, 0.6) is 5.75 Å². The number of carbonyl (C=O) groups excluding carboxylic acids is 2. The number of fused-ring (bicyclic) bond motifs is 4. The van der Waals surface area contributed by atoms with Crippen molar-refractivity contribution in [3.05, 3.63) is 90.5 Å². The van der Waals surface area contributed by atoms with Gasteiger partial charge in [0.1, 0.15) is 25.6 Å². The molecule has 4 aliphatic rings. The topological polar surface area (TPSA) is 71.1 Å². The molecule has 2 aromatic rings. The van der Waals surface area contributed by atoms with Gasteiger partial charge in [-0.25, -0.2) is 4.79 Å². The van der Waals surface area contributed by atoms with E-state index in [2.05, 4.69) is 24.3 Å². The highest BCUT2D eigenvalue weighted by atomic mass is 16.6. The maximum Gasteiger partial charge on any atom is 0.338 e. The quantitative estimate of drug-likeness (QED) is 0.205. The maximum absolute atomic E-state index is 11.9. The predicted octanol–water partition coefficient (Wildman–Crippen LogP) is 5.89. The Bertz CT molecular complexity index is 1130. The lowest BCUT2D eigenvalue weighted by molar-refractivity contribution is -0.150. The van der Waals surface area contributed by atoms with Gasteiger partial charge in [0.15, 0.2) is 0 Å². The summed E-state index contributed by atoms with van der Waals surface area (Å²) in [6.45, 7) is 2.33. The highest BCUT2D eigenvalue weighted by molar-refractivity contribution is 5.89. The average Bonchev–Trinajstić information content (AvgIpc) is 3.79. The second kappa shape index (κ2) is 13.6. The third-order valence-electron chi connectivity index (χ3n) is 8.14. The van der Waals surface area contributed by atoms with E-state index in [0.717, 1.165) is 31.1 Å². The molecule has 0 spiro atoms. The zero-order chi connectivity index (χ0) is 26.9. The number of hydrogen-bond acceptors (Lipinski definition) is 6. The van der Waals surface area contributed by atoms with E-state index in [-0.39, 0.29) is 17.9 Å². The van der Waals surface area contributed by atoms with Gasteiger partial charge in [-0.05, 0) is 79.5 Å². The van der Waals surface area contributed by atoms with Crippen molar-refractivity contribution in [2.24, 2.45) is 35.5 Å². The highest BCUT2D eigenvalue weighted by Gasteiger charge is 2.40. The summed E-state index contributed by atoms with van der Waals surface area (Å²) in [6, 6.07) is 18.6. The van der Waals surface area contributed by atoms with E-state index in [9.17, 15) is 9.59 Å². The van der Waals surface area contributed by atoms with Crippen LogP contribution in [0.15, 0.2) is 85.0 Å². The maximum atomic E-state index is 11.9. The number of benzene rings is 2. The standard InChI is InChI=1S/C17H20O3.C16H18O3/c18-17(14-4-2-1-3-5-14)20-9-8-19-12-16-11-13-6-7-15(16)10-13;17-16(15-11-12-6-7-13(15)10-12)19-9-8-18-14-4-2-1-3-5-14/h1-7,13,15-16H,8-12H2;1-7,12-13,15H,8-11H2. The molecule has 0 aliphatic heterocycles. The van der Waals surface area contributed by atoms with Crippen LogP contribution < -0.4 is 4.74 Å². The van der Waals surface area contributed by atoms with Gasteiger partial charge in [0.05, 0.1) is 24.7 Å². The molecule has 6 rings (SSSR count). The summed E-state index contributed by atoms with van der Waals surface area (Å²) < 4.78 is 21.6. The van der Waals surface area contributed by atoms with Crippen molar-refractivity contribution in [1.29, 1.82) is 0 Å². The lowest BCUT2D eigenvalue weighted by Gasteiger charge is -2.17. The lowest BCUT2D eigenvalue weighted by Crippen LogP contribution is -2.23. The van der Waals surface area contributed by atoms with Gasteiger partial charge in [-0.3, -0.25) is 4.79 Å². The Morgan fingerprint density at radius 1 is 0.667 bits per heavy atom. The first-order chi connectivity index (χ1) is 19.2. The van der Waals surface area contributed by atoms with Crippen LogP contribution in [0.1, 0.15) is 36.0 Å². The predicted molar refractivity (Wildman–Crippen MR) is 148 cm³/mol. The number of hydrogen-bond donors (Lipinski definition) is 0. The van der Waals surface area contributed by atoms with E-state index >= 15 is 0 Å². The first-order valence-corrected chi connectivity index (χ1v) is 14.2. The fourth-order valence-electron chi connectivity index (χ4n) is 6.15. The monoisotopic (exact) mass is 530 g/mol. The first-order valence-electron chi connectivity index (χ1n) is 14.2. The molecule has 2 saturated carbocycles. The molecule has 2 fully saturated rings. The van der Waals surface area contributed by atoms with Gasteiger partial charge in [-0.1, -0.05) is 60.7 Å². The Morgan fingerprint density at radius 3 is 1.97 bits per heavy atom. The van der Waals surface area contributed by atoms with E-state index in [0.29, 0.717) is 55.7 Å². The molecule has 2 aromatic carbocycles. The number of para-hydroxylation sites is 1. The lowest BCUT2D eigenvalue weighted by atomic mass is 9.94. The molecule has 39 heavy (non-hydrogen) atoms. The third kappa shape index (κ3) is 7.60. The average molecular weight is 531 g/mol. The van der Waals surface area contributed by atoms with Crippen LogP contribution >= 0.6 is 0 Å².